The molecule has 10 nitrogen and oxygen atoms in total. The van der Waals surface area contributed by atoms with E-state index < -0.39 is 40.1 Å². The third-order valence-electron chi connectivity index (χ3n) is 10.6. The van der Waals surface area contributed by atoms with E-state index in [0.717, 1.165) is 29.7 Å². The Morgan fingerprint density at radius 1 is 0.852 bits per heavy atom. The van der Waals surface area contributed by atoms with Gasteiger partial charge >= 0.3 is 6.03 Å². The fraction of sp³-hybridized carbons (Fsp3) is 0.465. The number of carbonyl (C=O) groups is 5. The zero-order valence-corrected chi connectivity index (χ0v) is 33.6. The molecular formula is C43H55ClN4O6. The third kappa shape index (κ3) is 9.50. The molecule has 2 unspecified atom stereocenters. The minimum absolute atomic E-state index is 0.0282. The lowest BCUT2D eigenvalue weighted by Crippen LogP contribution is -2.64. The van der Waals surface area contributed by atoms with Crippen LogP contribution in [0.5, 0.6) is 5.75 Å². The van der Waals surface area contributed by atoms with Crippen LogP contribution in [0.3, 0.4) is 0 Å². The molecule has 11 heteroatoms. The molecular weight excluding hydrogens is 704 g/mol. The summed E-state index contributed by atoms with van der Waals surface area (Å²) in [6.07, 6.45) is 2.60. The number of Topliss-reactive ketones (excluding diaryl/α,β-unsaturated/α-hetero) is 1. The fourth-order valence-electron chi connectivity index (χ4n) is 6.20. The second kappa shape index (κ2) is 17.2. The Labute approximate surface area is 324 Å². The molecule has 1 aliphatic rings. The number of hydrogen-bond donors (Lipinski definition) is 3. The Morgan fingerprint density at radius 3 is 2.07 bits per heavy atom. The number of alkyl halides is 1. The van der Waals surface area contributed by atoms with Gasteiger partial charge in [-0.1, -0.05) is 128 Å². The van der Waals surface area contributed by atoms with E-state index in [9.17, 15) is 24.0 Å². The molecule has 0 spiro atoms. The predicted octanol–water partition coefficient (Wildman–Crippen LogP) is 7.67. The molecule has 4 rings (SSSR count). The van der Waals surface area contributed by atoms with Crippen LogP contribution in [0.15, 0.2) is 78.9 Å². The summed E-state index contributed by atoms with van der Waals surface area (Å²) >= 11 is 6.97. The van der Waals surface area contributed by atoms with Crippen LogP contribution in [0.1, 0.15) is 97.8 Å². The van der Waals surface area contributed by atoms with Gasteiger partial charge in [-0.2, -0.15) is 0 Å². The number of ketones is 1. The van der Waals surface area contributed by atoms with Crippen molar-refractivity contribution in [3.05, 3.63) is 95.6 Å². The number of rotatable bonds is 18. The topological polar surface area (TPSA) is 134 Å². The molecule has 290 valence electrons. The van der Waals surface area contributed by atoms with Gasteiger partial charge in [-0.3, -0.25) is 19.2 Å². The fourth-order valence-corrected chi connectivity index (χ4v) is 6.67. The Hall–Kier alpha value is -4.70. The zero-order chi connectivity index (χ0) is 39.9. The molecule has 0 bridgehead atoms. The normalized spacial score (nSPS) is 16.0. The van der Waals surface area contributed by atoms with E-state index in [-0.39, 0.29) is 36.1 Å². The summed E-state index contributed by atoms with van der Waals surface area (Å²) in [5.41, 5.74) is 1.90. The molecule has 5 amide bonds. The number of nitrogens with one attached hydrogen (secondary N) is 3. The lowest BCUT2D eigenvalue weighted by Gasteiger charge is -2.37. The largest absolute Gasteiger partial charge is 0.493 e. The standard InChI is InChI=1S/C43H55ClN4O6/c1-9-40(3,4)30-23-24-34(32(27-30)41(5,6)10-2)54-25-17-22-35(49)45-28-42(7,8)37(51)43(44,38(52)46-31-20-15-12-16-21-31)48-36(50)33(47-39(48)53)26-29-18-13-11-14-19-29/h11-16,18-21,23-24,27,33H,9-10,17,22,25-26,28H2,1-8H3,(H,45,49)(H,46,52)(H,47,53). The van der Waals surface area contributed by atoms with Gasteiger partial charge in [0.1, 0.15) is 11.8 Å². The lowest BCUT2D eigenvalue weighted by atomic mass is 9.76. The summed E-state index contributed by atoms with van der Waals surface area (Å²) in [5.74, 6) is -2.36. The average Bonchev–Trinajstić information content (AvgIpc) is 3.44. The van der Waals surface area contributed by atoms with Crippen LogP contribution >= 0.6 is 11.6 Å². The summed E-state index contributed by atoms with van der Waals surface area (Å²) in [6, 6.07) is 21.7. The highest BCUT2D eigenvalue weighted by atomic mass is 35.5. The second-order valence-corrected chi connectivity index (χ2v) is 16.5. The van der Waals surface area contributed by atoms with Crippen LogP contribution in [0, 0.1) is 5.41 Å². The van der Waals surface area contributed by atoms with Crippen LogP contribution in [0.4, 0.5) is 10.5 Å². The van der Waals surface area contributed by atoms with Gasteiger partial charge in [-0.15, -0.1) is 0 Å². The minimum Gasteiger partial charge on any atom is -0.493 e. The highest BCUT2D eigenvalue weighted by Gasteiger charge is 2.61. The number of nitrogens with zero attached hydrogens (tertiary/aromatic N) is 1. The van der Waals surface area contributed by atoms with Crippen molar-refractivity contribution in [2.24, 2.45) is 5.41 Å². The van der Waals surface area contributed by atoms with Crippen molar-refractivity contribution in [1.29, 1.82) is 0 Å². The monoisotopic (exact) mass is 758 g/mol. The number of ether oxygens (including phenoxy) is 1. The lowest BCUT2D eigenvalue weighted by molar-refractivity contribution is -0.147. The molecule has 3 N–H and O–H groups in total. The smallest absolute Gasteiger partial charge is 0.327 e. The third-order valence-corrected chi connectivity index (χ3v) is 11.2. The van der Waals surface area contributed by atoms with E-state index in [1.807, 2.05) is 12.1 Å². The number of anilines is 1. The van der Waals surface area contributed by atoms with Crippen LogP contribution < -0.4 is 20.7 Å². The van der Waals surface area contributed by atoms with Crippen LogP contribution in [-0.4, -0.2) is 58.6 Å². The predicted molar refractivity (Wildman–Crippen MR) is 213 cm³/mol. The second-order valence-electron chi connectivity index (χ2n) is 15.9. The van der Waals surface area contributed by atoms with Crippen molar-refractivity contribution in [3.63, 3.8) is 0 Å². The summed E-state index contributed by atoms with van der Waals surface area (Å²) in [6.45, 7) is 16.3. The van der Waals surface area contributed by atoms with Crippen LogP contribution in [-0.2, 0) is 36.4 Å². The number of halogens is 1. The highest BCUT2D eigenvalue weighted by molar-refractivity contribution is 6.50. The maximum Gasteiger partial charge on any atom is 0.327 e. The van der Waals surface area contributed by atoms with Crippen LogP contribution in [0.25, 0.3) is 0 Å². The first-order valence-electron chi connectivity index (χ1n) is 18.7. The highest BCUT2D eigenvalue weighted by Crippen LogP contribution is 2.39. The molecule has 3 aromatic rings. The quantitative estimate of drug-likeness (QED) is 0.0401. The minimum atomic E-state index is -2.77. The summed E-state index contributed by atoms with van der Waals surface area (Å²) in [4.78, 5) is 66.3. The number of benzene rings is 3. The molecule has 0 radical (unpaired) electrons. The van der Waals surface area contributed by atoms with E-state index in [1.54, 1.807) is 54.6 Å². The molecule has 54 heavy (non-hydrogen) atoms. The first-order chi connectivity index (χ1) is 25.4. The van der Waals surface area contributed by atoms with E-state index in [1.165, 1.54) is 19.4 Å². The molecule has 0 aromatic heterocycles. The van der Waals surface area contributed by atoms with E-state index in [4.69, 9.17) is 16.3 Å². The summed E-state index contributed by atoms with van der Waals surface area (Å²) in [5, 5.41) is 7.97. The molecule has 1 fully saturated rings. The molecule has 1 aliphatic heterocycles. The molecule has 2 atom stereocenters. The number of hydrogen-bond acceptors (Lipinski definition) is 6. The Morgan fingerprint density at radius 2 is 1.46 bits per heavy atom. The van der Waals surface area contributed by atoms with E-state index in [2.05, 4.69) is 69.6 Å². The van der Waals surface area contributed by atoms with Crippen LogP contribution in [0.2, 0.25) is 0 Å². The van der Waals surface area contributed by atoms with E-state index in [0.29, 0.717) is 23.6 Å². The van der Waals surface area contributed by atoms with Gasteiger partial charge in [-0.05, 0) is 59.4 Å². The number of imide groups is 1. The summed E-state index contributed by atoms with van der Waals surface area (Å²) in [7, 11) is 0. The van der Waals surface area contributed by atoms with Gasteiger partial charge in [0.15, 0.2) is 5.78 Å². The maximum atomic E-state index is 14.4. The molecule has 0 aliphatic carbocycles. The average molecular weight is 759 g/mol. The Kier molecular flexibility index (Phi) is 13.4. The molecule has 1 saturated heterocycles. The molecule has 1 heterocycles. The number of para-hydroxylation sites is 1. The van der Waals surface area contributed by atoms with Gasteiger partial charge in [0, 0.05) is 36.1 Å². The Bertz CT molecular complexity index is 1830. The first-order valence-corrected chi connectivity index (χ1v) is 19.1. The van der Waals surface area contributed by atoms with Gasteiger partial charge in [0.25, 0.3) is 16.8 Å². The van der Waals surface area contributed by atoms with Crippen molar-refractivity contribution in [1.82, 2.24) is 15.5 Å². The van der Waals surface area contributed by atoms with E-state index >= 15 is 0 Å². The van der Waals surface area contributed by atoms with Gasteiger partial charge in [0.2, 0.25) is 5.91 Å². The number of amides is 5. The first kappa shape index (κ1) is 42.0. The SMILES string of the molecule is CCC(C)(C)c1ccc(OCCCC(=O)NCC(C)(C)C(=O)C(Cl)(C(=O)Nc2ccccc2)N2C(=O)NC(Cc3ccccc3)C2=O)c(C(C)(C)CC)c1. The maximum absolute atomic E-state index is 14.4. The summed E-state index contributed by atoms with van der Waals surface area (Å²) < 4.78 is 6.23. The molecule has 3 aromatic carbocycles. The van der Waals surface area contributed by atoms with Crippen molar-refractivity contribution < 1.29 is 28.7 Å². The number of carbonyl (C=O) groups excluding carboxylic acids is 5. The van der Waals surface area contributed by atoms with Gasteiger partial charge in [0.05, 0.1) is 6.61 Å². The Balaban J connectivity index is 1.45. The van der Waals surface area contributed by atoms with Gasteiger partial charge < -0.3 is 20.7 Å². The van der Waals surface area contributed by atoms with Crippen molar-refractivity contribution in [3.8, 4) is 5.75 Å². The molecule has 0 saturated carbocycles. The number of urea groups is 1. The zero-order valence-electron chi connectivity index (χ0n) is 32.8. The van der Waals surface area contributed by atoms with Crippen molar-refractivity contribution in [2.75, 3.05) is 18.5 Å². The van der Waals surface area contributed by atoms with Gasteiger partial charge in [-0.25, -0.2) is 9.69 Å². The van der Waals surface area contributed by atoms with Crippen molar-refractivity contribution in [2.45, 2.75) is 109 Å². The van der Waals surface area contributed by atoms with Crippen molar-refractivity contribution >= 4 is 46.8 Å².